The zero-order valence-corrected chi connectivity index (χ0v) is 41.9. The molecule has 0 unspecified atom stereocenters. The highest BCUT2D eigenvalue weighted by molar-refractivity contribution is 7.13. The number of nitrogens with one attached hydrogen (secondary N) is 7. The Morgan fingerprint density at radius 3 is 2.08 bits per heavy atom. The molecule has 0 radical (unpaired) electrons. The number of oxazole rings is 1. The molecule has 370 valence electrons. The van der Waals surface area contributed by atoms with E-state index < -0.39 is 76.7 Å². The van der Waals surface area contributed by atoms with Gasteiger partial charge >= 0.3 is 0 Å². The Morgan fingerprint density at radius 1 is 0.764 bits per heavy atom. The summed E-state index contributed by atoms with van der Waals surface area (Å²) < 4.78 is 5.90. The molecular formula is C45H42N14O9S4. The highest BCUT2D eigenvalue weighted by Crippen LogP contribution is 2.35. The number of hydrogen-bond acceptors (Lipinski definition) is 19. The lowest BCUT2D eigenvalue weighted by Crippen LogP contribution is -2.49. The zero-order chi connectivity index (χ0) is 52.1. The first-order valence-electron chi connectivity index (χ1n) is 21.2. The van der Waals surface area contributed by atoms with Crippen LogP contribution in [0.15, 0.2) is 75.3 Å². The molecule has 2 atom stereocenters. The van der Waals surface area contributed by atoms with Crippen LogP contribution in [-0.2, 0) is 20.9 Å². The number of thiazole rings is 4. The number of carbonyl (C=O) groups excluding carboxylic acids is 8. The maximum atomic E-state index is 13.7. The van der Waals surface area contributed by atoms with Crippen molar-refractivity contribution in [3.63, 3.8) is 0 Å². The summed E-state index contributed by atoms with van der Waals surface area (Å²) in [6, 6.07) is 1.15. The number of aromatic nitrogens is 6. The molecular weight excluding hydrogens is 1010 g/mol. The molecule has 10 bridgehead atoms. The van der Waals surface area contributed by atoms with Gasteiger partial charge in [0.2, 0.25) is 11.8 Å². The van der Waals surface area contributed by atoms with Crippen molar-refractivity contribution in [2.45, 2.75) is 53.2 Å². The van der Waals surface area contributed by atoms with Crippen LogP contribution in [0.1, 0.15) is 113 Å². The smallest absolute Gasteiger partial charge is 0.275 e. The molecule has 0 spiro atoms. The zero-order valence-electron chi connectivity index (χ0n) is 38.7. The Bertz CT molecular complexity index is 3290. The number of amides is 8. The van der Waals surface area contributed by atoms with Gasteiger partial charge in [-0.2, -0.15) is 0 Å². The average molecular weight is 1050 g/mol. The van der Waals surface area contributed by atoms with Crippen molar-refractivity contribution in [1.82, 2.24) is 67.1 Å². The summed E-state index contributed by atoms with van der Waals surface area (Å²) in [7, 11) is 0. The number of carbonyl (C=O) groups is 8. The van der Waals surface area contributed by atoms with Gasteiger partial charge < -0.3 is 47.4 Å². The van der Waals surface area contributed by atoms with Crippen LogP contribution in [0.4, 0.5) is 0 Å². The summed E-state index contributed by atoms with van der Waals surface area (Å²) >= 11 is 4.37. The van der Waals surface area contributed by atoms with E-state index in [1.165, 1.54) is 40.6 Å². The lowest BCUT2D eigenvalue weighted by molar-refractivity contribution is -0.124. The van der Waals surface area contributed by atoms with Gasteiger partial charge in [-0.15, -0.1) is 45.3 Å². The van der Waals surface area contributed by atoms with Crippen molar-refractivity contribution in [3.8, 4) is 22.0 Å². The predicted molar refractivity (Wildman–Crippen MR) is 266 cm³/mol. The van der Waals surface area contributed by atoms with E-state index in [1.54, 1.807) is 33.8 Å². The average Bonchev–Trinajstić information content (AvgIpc) is 4.21. The number of rotatable bonds is 4. The number of pyridine rings is 1. The lowest BCUT2D eigenvalue weighted by Gasteiger charge is -2.21. The number of fused-ring (bicyclic) bond motifs is 13. The van der Waals surface area contributed by atoms with Crippen LogP contribution in [0.2, 0.25) is 0 Å². The molecule has 72 heavy (non-hydrogen) atoms. The third kappa shape index (κ3) is 11.6. The summed E-state index contributed by atoms with van der Waals surface area (Å²) in [5.74, 6) is -6.32. The molecule has 1 aliphatic rings. The standard InChI is InChI=1S/C45H42N14O9S4/c1-9-24-45-57-27(16-72-45)38(64)49-19(5)35(61)50-20(6)42-59-32(22(8)68-42)33-23(10-11-25(53-33)36(62)48-18(4)34(46)60)44-56-29(15-71-44)40(66)58-31(17(2)3)41(67)47-12-30-52-26(13-69-30)37(63)51-21(7)43-55-28(14-70-43)39(65)54-24/h9-11,13-17,21,31H,4-6,12H2,1-3,7-8H3,(H2,46,60)(H,47,67)(H,48,62)(H,49,64)(H,50,61)(H,51,63)(H,54,65)(H,58,66)/b24-9-/t21-,31-/m0/s1. The molecule has 0 saturated heterocycles. The van der Waals surface area contributed by atoms with Crippen LogP contribution in [-0.4, -0.2) is 83.2 Å². The van der Waals surface area contributed by atoms with Gasteiger partial charge in [0.1, 0.15) is 71.7 Å². The van der Waals surface area contributed by atoms with Gasteiger partial charge in [0.05, 0.1) is 35.4 Å². The Hall–Kier alpha value is -8.40. The molecule has 1 aliphatic heterocycles. The SMILES string of the molecule is C=C(NC(=O)c1ccc2c(n1)-c1nc(oc1C)C(=C)NC(=O)C(=C)NC(=O)c1csc(n1)/C(=C/C)NC(=O)c1csc(n1)[C@H](C)NC(=O)c1csc(n1)CNC(=O)[C@H](C(C)C)NC(=O)c1csc-2n1)C(N)=O. The van der Waals surface area contributed by atoms with Crippen molar-refractivity contribution in [2.75, 3.05) is 0 Å². The topological polar surface area (TPSA) is 337 Å². The van der Waals surface area contributed by atoms with Crippen molar-refractivity contribution in [3.05, 3.63) is 126 Å². The van der Waals surface area contributed by atoms with Gasteiger partial charge in [0, 0.05) is 27.1 Å². The molecule has 8 amide bonds. The first-order chi connectivity index (χ1) is 34.2. The molecule has 0 fully saturated rings. The maximum absolute atomic E-state index is 13.7. The van der Waals surface area contributed by atoms with Crippen LogP contribution in [0, 0.1) is 12.8 Å². The molecule has 7 heterocycles. The van der Waals surface area contributed by atoms with Gasteiger partial charge in [0.15, 0.2) is 0 Å². The normalized spacial score (nSPS) is 17.1. The minimum absolute atomic E-state index is 0.0157. The van der Waals surface area contributed by atoms with Crippen LogP contribution in [0.5, 0.6) is 0 Å². The molecule has 6 aromatic rings. The number of nitrogens with zero attached hydrogens (tertiary/aromatic N) is 6. The van der Waals surface area contributed by atoms with E-state index in [9.17, 15) is 38.4 Å². The van der Waals surface area contributed by atoms with Crippen LogP contribution in [0.3, 0.4) is 0 Å². The van der Waals surface area contributed by atoms with Crippen molar-refractivity contribution in [1.29, 1.82) is 0 Å². The number of hydrogen-bond donors (Lipinski definition) is 8. The van der Waals surface area contributed by atoms with E-state index in [4.69, 9.17) is 10.2 Å². The summed E-state index contributed by atoms with van der Waals surface area (Å²) in [5.41, 5.74) is 4.66. The molecule has 6 aromatic heterocycles. The van der Waals surface area contributed by atoms with E-state index >= 15 is 0 Å². The van der Waals surface area contributed by atoms with Gasteiger partial charge in [-0.1, -0.05) is 39.7 Å². The monoisotopic (exact) mass is 1050 g/mol. The lowest BCUT2D eigenvalue weighted by atomic mass is 10.0. The Labute approximate surface area is 424 Å². The Morgan fingerprint density at radius 2 is 1.38 bits per heavy atom. The van der Waals surface area contributed by atoms with E-state index in [1.807, 2.05) is 0 Å². The second-order valence-electron chi connectivity index (χ2n) is 15.7. The van der Waals surface area contributed by atoms with Crippen LogP contribution >= 0.6 is 45.3 Å². The third-order valence-corrected chi connectivity index (χ3v) is 13.8. The quantitative estimate of drug-likeness (QED) is 0.116. The van der Waals surface area contributed by atoms with Gasteiger partial charge in [-0.25, -0.2) is 29.9 Å². The summed E-state index contributed by atoms with van der Waals surface area (Å²) in [4.78, 5) is 132. The van der Waals surface area contributed by atoms with E-state index in [2.05, 4.69) is 86.9 Å². The van der Waals surface area contributed by atoms with Crippen molar-refractivity contribution >= 4 is 104 Å². The Kier molecular flexibility index (Phi) is 15.5. The maximum Gasteiger partial charge on any atom is 0.275 e. The van der Waals surface area contributed by atoms with E-state index in [-0.39, 0.29) is 85.0 Å². The largest absolute Gasteiger partial charge is 0.440 e. The van der Waals surface area contributed by atoms with Gasteiger partial charge in [-0.3, -0.25) is 38.4 Å². The number of allylic oxidation sites excluding steroid dienone is 1. The second kappa shape index (κ2) is 21.7. The molecule has 9 N–H and O–H groups in total. The van der Waals surface area contributed by atoms with Gasteiger partial charge in [0.25, 0.3) is 41.4 Å². The molecule has 0 aromatic carbocycles. The minimum Gasteiger partial charge on any atom is -0.440 e. The highest BCUT2D eigenvalue weighted by Gasteiger charge is 2.29. The fourth-order valence-corrected chi connectivity index (χ4v) is 9.53. The fraction of sp³-hybridized carbons (Fsp3) is 0.200. The molecule has 27 heteroatoms. The summed E-state index contributed by atoms with van der Waals surface area (Å²) in [5, 5.41) is 25.5. The Balaban J connectivity index is 1.20. The predicted octanol–water partition coefficient (Wildman–Crippen LogP) is 3.96. The van der Waals surface area contributed by atoms with E-state index in [0.717, 1.165) is 45.3 Å². The van der Waals surface area contributed by atoms with Crippen molar-refractivity contribution < 1.29 is 42.8 Å². The molecule has 0 aliphatic carbocycles. The summed E-state index contributed by atoms with van der Waals surface area (Å²) in [6.07, 6.45) is 1.58. The highest BCUT2D eigenvalue weighted by atomic mass is 32.1. The number of aryl methyl sites for hydroxylation is 1. The third-order valence-electron chi connectivity index (χ3n) is 10.1. The second-order valence-corrected chi connectivity index (χ2v) is 19.3. The van der Waals surface area contributed by atoms with Crippen LogP contribution < -0.4 is 43.0 Å². The first-order valence-corrected chi connectivity index (χ1v) is 24.7. The first kappa shape index (κ1) is 51.5. The molecule has 0 saturated carbocycles. The minimum atomic E-state index is -1.03. The molecule has 7 rings (SSSR count). The van der Waals surface area contributed by atoms with E-state index in [0.29, 0.717) is 10.0 Å². The van der Waals surface area contributed by atoms with Crippen molar-refractivity contribution in [2.24, 2.45) is 11.7 Å². The number of primary amides is 1. The van der Waals surface area contributed by atoms with Gasteiger partial charge in [-0.05, 0) is 38.8 Å². The van der Waals surface area contributed by atoms with Crippen LogP contribution in [0.25, 0.3) is 33.4 Å². The summed E-state index contributed by atoms with van der Waals surface area (Å²) in [6.45, 7) is 19.3. The molecule has 23 nitrogen and oxygen atoms in total. The number of nitrogens with two attached hydrogens (primary N) is 1. The fourth-order valence-electron chi connectivity index (χ4n) is 6.35.